The molecule has 108 valence electrons. The molecular formula is C11H10ClF3N4O. The fraction of sp³-hybridized carbons (Fsp3) is 0.364. The third kappa shape index (κ3) is 2.69. The highest BCUT2D eigenvalue weighted by Gasteiger charge is 2.37. The summed E-state index contributed by atoms with van der Waals surface area (Å²) in [6, 6.07) is -0.438. The zero-order valence-corrected chi connectivity index (χ0v) is 11.2. The molecule has 2 aromatic heterocycles. The van der Waals surface area contributed by atoms with Crippen molar-refractivity contribution in [3.63, 3.8) is 0 Å². The Bertz CT molecular complexity index is 667. The Hall–Kier alpha value is -1.83. The van der Waals surface area contributed by atoms with Crippen molar-refractivity contribution in [2.75, 3.05) is 0 Å². The van der Waals surface area contributed by atoms with Crippen molar-refractivity contribution in [3.05, 3.63) is 28.7 Å². The summed E-state index contributed by atoms with van der Waals surface area (Å²) in [5.74, 6) is -0.904. The van der Waals surface area contributed by atoms with Gasteiger partial charge >= 0.3 is 6.18 Å². The molecule has 1 atom stereocenters. The quantitative estimate of drug-likeness (QED) is 0.867. The number of amides is 1. The molecule has 0 aliphatic rings. The number of carbonyl (C=O) groups is 1. The highest BCUT2D eigenvalue weighted by molar-refractivity contribution is 6.29. The van der Waals surface area contributed by atoms with Crippen LogP contribution in [0.1, 0.15) is 23.0 Å². The number of carbonyl (C=O) groups excluding carboxylic acids is 1. The third-order valence-corrected chi connectivity index (χ3v) is 2.90. The van der Waals surface area contributed by atoms with E-state index in [0.717, 1.165) is 13.1 Å². The second-order valence-electron chi connectivity index (χ2n) is 4.25. The molecule has 1 unspecified atom stereocenters. The molecule has 0 aromatic carbocycles. The van der Waals surface area contributed by atoms with Gasteiger partial charge in [-0.05, 0) is 19.9 Å². The predicted molar refractivity (Wildman–Crippen MR) is 65.7 cm³/mol. The van der Waals surface area contributed by atoms with Crippen molar-refractivity contribution in [3.8, 4) is 0 Å². The zero-order valence-electron chi connectivity index (χ0n) is 10.5. The van der Waals surface area contributed by atoms with Crippen molar-refractivity contribution >= 4 is 23.2 Å². The molecule has 1 N–H and O–H groups in total. The predicted octanol–water partition coefficient (Wildman–Crippen LogP) is 2.37. The largest absolute Gasteiger partial charge is 0.408 e. The van der Waals surface area contributed by atoms with Crippen molar-refractivity contribution in [1.82, 2.24) is 19.9 Å². The maximum Gasteiger partial charge on any atom is 0.408 e. The van der Waals surface area contributed by atoms with Crippen molar-refractivity contribution in [1.29, 1.82) is 0 Å². The molecule has 0 saturated carbocycles. The van der Waals surface area contributed by atoms with E-state index in [1.165, 1.54) is 10.6 Å². The first-order valence-electron chi connectivity index (χ1n) is 5.58. The van der Waals surface area contributed by atoms with Gasteiger partial charge < -0.3 is 5.32 Å². The second kappa shape index (κ2) is 4.93. The Kier molecular flexibility index (Phi) is 3.59. The maximum atomic E-state index is 12.4. The van der Waals surface area contributed by atoms with E-state index in [9.17, 15) is 18.0 Å². The summed E-state index contributed by atoms with van der Waals surface area (Å²) >= 11 is 5.77. The average molecular weight is 307 g/mol. The molecule has 2 aromatic rings. The average Bonchev–Trinajstić information content (AvgIpc) is 2.71. The number of nitrogens with one attached hydrogen (secondary N) is 1. The Morgan fingerprint density at radius 3 is 2.75 bits per heavy atom. The standard InChI is InChI=1S/C11H10ClF3N4O/c1-5-3-8(12)18-9-7(4-16-19(5)9)10(20)17-6(2)11(13,14)15/h3-4,6H,1-2H3,(H,17,20). The normalized spacial score (nSPS) is 13.5. The molecule has 0 aliphatic heterocycles. The summed E-state index contributed by atoms with van der Waals surface area (Å²) in [4.78, 5) is 15.8. The fourth-order valence-corrected chi connectivity index (χ4v) is 1.83. The molecule has 2 rings (SSSR count). The van der Waals surface area contributed by atoms with Crippen LogP contribution in [0.4, 0.5) is 13.2 Å². The molecule has 0 fully saturated rings. The van der Waals surface area contributed by atoms with Crippen LogP contribution in [0, 0.1) is 6.92 Å². The van der Waals surface area contributed by atoms with Crippen molar-refractivity contribution in [2.24, 2.45) is 0 Å². The van der Waals surface area contributed by atoms with E-state index < -0.39 is 18.1 Å². The topological polar surface area (TPSA) is 59.3 Å². The lowest BCUT2D eigenvalue weighted by Gasteiger charge is -2.16. The number of halogens is 4. The highest BCUT2D eigenvalue weighted by Crippen LogP contribution is 2.21. The number of nitrogens with zero attached hydrogens (tertiary/aromatic N) is 3. The summed E-state index contributed by atoms with van der Waals surface area (Å²) in [7, 11) is 0. The lowest BCUT2D eigenvalue weighted by Crippen LogP contribution is -2.43. The Labute approximate surface area is 116 Å². The third-order valence-electron chi connectivity index (χ3n) is 2.70. The van der Waals surface area contributed by atoms with E-state index in [1.807, 2.05) is 5.32 Å². The van der Waals surface area contributed by atoms with Crippen LogP contribution in [-0.2, 0) is 0 Å². The van der Waals surface area contributed by atoms with Crippen molar-refractivity contribution < 1.29 is 18.0 Å². The lowest BCUT2D eigenvalue weighted by molar-refractivity contribution is -0.149. The van der Waals surface area contributed by atoms with Crippen LogP contribution in [0.2, 0.25) is 5.15 Å². The SMILES string of the molecule is Cc1cc(Cl)nc2c(C(=O)NC(C)C(F)(F)F)cnn12. The van der Waals surface area contributed by atoms with Crippen LogP contribution in [-0.4, -0.2) is 32.7 Å². The summed E-state index contributed by atoms with van der Waals surface area (Å²) in [6.07, 6.45) is -3.36. The molecule has 0 radical (unpaired) electrons. The van der Waals surface area contributed by atoms with Gasteiger partial charge in [-0.2, -0.15) is 18.3 Å². The van der Waals surface area contributed by atoms with Crippen LogP contribution >= 0.6 is 11.6 Å². The van der Waals surface area contributed by atoms with Crippen LogP contribution in [0.15, 0.2) is 12.3 Å². The molecule has 0 saturated heterocycles. The number of hydrogen-bond donors (Lipinski definition) is 1. The molecule has 0 bridgehead atoms. The van der Waals surface area contributed by atoms with Crippen molar-refractivity contribution in [2.45, 2.75) is 26.1 Å². The van der Waals surface area contributed by atoms with Gasteiger partial charge in [0.1, 0.15) is 16.8 Å². The minimum Gasteiger partial charge on any atom is -0.340 e. The maximum absolute atomic E-state index is 12.4. The van der Waals surface area contributed by atoms with Crippen LogP contribution < -0.4 is 5.32 Å². The van der Waals surface area contributed by atoms with E-state index in [-0.39, 0.29) is 16.4 Å². The monoisotopic (exact) mass is 306 g/mol. The van der Waals surface area contributed by atoms with E-state index in [2.05, 4.69) is 10.1 Å². The molecule has 20 heavy (non-hydrogen) atoms. The first-order chi connectivity index (χ1) is 9.20. The summed E-state index contributed by atoms with van der Waals surface area (Å²) in [5.41, 5.74) is 0.663. The van der Waals surface area contributed by atoms with E-state index in [0.29, 0.717) is 5.69 Å². The molecule has 9 heteroatoms. The highest BCUT2D eigenvalue weighted by atomic mass is 35.5. The van der Waals surface area contributed by atoms with E-state index >= 15 is 0 Å². The van der Waals surface area contributed by atoms with E-state index in [4.69, 9.17) is 11.6 Å². The molecule has 0 spiro atoms. The number of rotatable bonds is 2. The van der Waals surface area contributed by atoms with Gasteiger partial charge in [0, 0.05) is 5.69 Å². The molecule has 5 nitrogen and oxygen atoms in total. The molecular weight excluding hydrogens is 297 g/mol. The van der Waals surface area contributed by atoms with Gasteiger partial charge in [-0.15, -0.1) is 0 Å². The van der Waals surface area contributed by atoms with Gasteiger partial charge in [0.25, 0.3) is 5.91 Å². The Balaban J connectivity index is 2.36. The fourth-order valence-electron chi connectivity index (χ4n) is 1.59. The summed E-state index contributed by atoms with van der Waals surface area (Å²) in [5, 5.41) is 5.89. The number of hydrogen-bond acceptors (Lipinski definition) is 3. The van der Waals surface area contributed by atoms with Crippen LogP contribution in [0.3, 0.4) is 0 Å². The van der Waals surface area contributed by atoms with Gasteiger partial charge in [-0.3, -0.25) is 4.79 Å². The number of fused-ring (bicyclic) bond motifs is 1. The zero-order chi connectivity index (χ0) is 15.1. The minimum atomic E-state index is -4.51. The van der Waals surface area contributed by atoms with Gasteiger partial charge in [-0.1, -0.05) is 11.6 Å². The summed E-state index contributed by atoms with van der Waals surface area (Å²) in [6.45, 7) is 2.54. The first-order valence-corrected chi connectivity index (χ1v) is 5.96. The second-order valence-corrected chi connectivity index (χ2v) is 4.64. The van der Waals surface area contributed by atoms with Gasteiger partial charge in [0.15, 0.2) is 5.65 Å². The minimum absolute atomic E-state index is 0.0632. The van der Waals surface area contributed by atoms with Crippen LogP contribution in [0.25, 0.3) is 5.65 Å². The summed E-state index contributed by atoms with van der Waals surface area (Å²) < 4.78 is 38.6. The molecule has 2 heterocycles. The van der Waals surface area contributed by atoms with Gasteiger partial charge in [0.2, 0.25) is 0 Å². The molecule has 0 aliphatic carbocycles. The number of alkyl halides is 3. The van der Waals surface area contributed by atoms with Gasteiger partial charge in [-0.25, -0.2) is 9.50 Å². The number of aromatic nitrogens is 3. The lowest BCUT2D eigenvalue weighted by atomic mass is 10.2. The Morgan fingerprint density at radius 2 is 2.15 bits per heavy atom. The molecule has 1 amide bonds. The Morgan fingerprint density at radius 1 is 1.50 bits per heavy atom. The van der Waals surface area contributed by atoms with E-state index in [1.54, 1.807) is 6.92 Å². The number of aryl methyl sites for hydroxylation is 1. The van der Waals surface area contributed by atoms with Gasteiger partial charge in [0.05, 0.1) is 6.20 Å². The first kappa shape index (κ1) is 14.6. The van der Waals surface area contributed by atoms with Crippen LogP contribution in [0.5, 0.6) is 0 Å². The smallest absolute Gasteiger partial charge is 0.340 e.